The molecule has 1 aliphatic heterocycles. The fourth-order valence-electron chi connectivity index (χ4n) is 9.71. The van der Waals surface area contributed by atoms with E-state index in [1.54, 1.807) is 0 Å². The largest absolute Gasteiger partial charge is 0.462 e. The summed E-state index contributed by atoms with van der Waals surface area (Å²) < 4.78 is 23.4. The maximum absolute atomic E-state index is 13.2. The average molecular weight is 950 g/mol. The summed E-state index contributed by atoms with van der Waals surface area (Å²) in [5.41, 5.74) is 0. The highest BCUT2D eigenvalue weighted by molar-refractivity contribution is 5.71. The van der Waals surface area contributed by atoms with Crippen LogP contribution in [0.5, 0.6) is 0 Å². The van der Waals surface area contributed by atoms with Crippen LogP contribution in [0.2, 0.25) is 0 Å². The minimum absolute atomic E-state index is 0.0400. The lowest BCUT2D eigenvalue weighted by Gasteiger charge is -2.28. The molecule has 1 fully saturated rings. The van der Waals surface area contributed by atoms with Crippen molar-refractivity contribution in [1.82, 2.24) is 0 Å². The van der Waals surface area contributed by atoms with E-state index in [4.69, 9.17) is 18.9 Å². The van der Waals surface area contributed by atoms with Crippen molar-refractivity contribution in [1.29, 1.82) is 0 Å². The van der Waals surface area contributed by atoms with E-state index < -0.39 is 24.4 Å². The monoisotopic (exact) mass is 949 g/mol. The van der Waals surface area contributed by atoms with Gasteiger partial charge in [0.15, 0.2) is 12.2 Å². The normalized spacial score (nSPS) is 16.4. The van der Waals surface area contributed by atoms with E-state index in [9.17, 15) is 19.5 Å². The third-order valence-electron chi connectivity index (χ3n) is 14.2. The number of aliphatic hydroxyl groups excluding tert-OH is 1. The molecular formula is C59H112O8. The van der Waals surface area contributed by atoms with Crippen LogP contribution in [0.15, 0.2) is 0 Å². The van der Waals surface area contributed by atoms with Gasteiger partial charge in [0.05, 0.1) is 6.61 Å². The van der Waals surface area contributed by atoms with Crippen LogP contribution in [0, 0.1) is 0 Å². The molecule has 67 heavy (non-hydrogen) atoms. The lowest BCUT2D eigenvalue weighted by atomic mass is 10.0. The zero-order valence-electron chi connectivity index (χ0n) is 44.8. The van der Waals surface area contributed by atoms with Gasteiger partial charge in [-0.1, -0.05) is 284 Å². The molecule has 0 saturated carbocycles. The first-order chi connectivity index (χ1) is 32.9. The Morgan fingerprint density at radius 1 is 0.403 bits per heavy atom. The predicted molar refractivity (Wildman–Crippen MR) is 280 cm³/mol. The first kappa shape index (κ1) is 63.3. The first-order valence-corrected chi connectivity index (χ1v) is 29.8. The molecule has 4 atom stereocenters. The van der Waals surface area contributed by atoms with E-state index in [0.717, 1.165) is 57.8 Å². The number of hydrogen-bond acceptors (Lipinski definition) is 8. The van der Waals surface area contributed by atoms with Crippen LogP contribution in [-0.4, -0.2) is 60.6 Å². The van der Waals surface area contributed by atoms with Crippen LogP contribution in [0.4, 0.5) is 0 Å². The van der Waals surface area contributed by atoms with Crippen molar-refractivity contribution in [3.05, 3.63) is 0 Å². The van der Waals surface area contributed by atoms with E-state index in [0.29, 0.717) is 6.42 Å². The van der Waals surface area contributed by atoms with E-state index in [-0.39, 0.29) is 44.0 Å². The van der Waals surface area contributed by atoms with Gasteiger partial charge in [-0.05, 0) is 19.3 Å². The van der Waals surface area contributed by atoms with Crippen molar-refractivity contribution in [3.63, 3.8) is 0 Å². The molecule has 0 bridgehead atoms. The maximum atomic E-state index is 13.2. The van der Waals surface area contributed by atoms with E-state index in [2.05, 4.69) is 20.8 Å². The van der Waals surface area contributed by atoms with Crippen molar-refractivity contribution in [2.45, 2.75) is 347 Å². The highest BCUT2D eigenvalue weighted by Gasteiger charge is 2.46. The SMILES string of the molecule is CCCCCCCCCCCCCCCCCC(=O)OC(COC(=O)CCCCCCCCCCCCCCCC)[C@H]1OC[C@@H](O)[C@H]1OC(=O)CCCCCCCCCCCCCCCCC. The number of carbonyl (C=O) groups is 3. The molecule has 1 rings (SSSR count). The molecule has 8 nitrogen and oxygen atoms in total. The molecule has 1 N–H and O–H groups in total. The molecule has 1 heterocycles. The molecule has 0 aliphatic carbocycles. The standard InChI is InChI=1S/C59H112O8/c1-4-7-10-13-16-19-22-25-28-31-34-37-40-43-46-49-56(62)66-54(52-64-55(61)48-45-42-39-36-33-30-27-24-21-18-15-12-9-6-3)59-58(53(60)51-65-59)67-57(63)50-47-44-41-38-35-32-29-26-23-20-17-14-11-8-5-2/h53-54,58-60H,4-52H2,1-3H3/t53-,54?,58-,59-/m1/s1. The molecule has 0 aromatic rings. The van der Waals surface area contributed by atoms with Gasteiger partial charge in [-0.2, -0.15) is 0 Å². The second-order valence-electron chi connectivity index (χ2n) is 20.8. The summed E-state index contributed by atoms with van der Waals surface area (Å²) in [6, 6.07) is 0. The topological polar surface area (TPSA) is 108 Å². The van der Waals surface area contributed by atoms with Gasteiger partial charge >= 0.3 is 17.9 Å². The third kappa shape index (κ3) is 40.7. The summed E-state index contributed by atoms with van der Waals surface area (Å²) in [5, 5.41) is 10.9. The fraction of sp³-hybridized carbons (Fsp3) is 0.949. The van der Waals surface area contributed by atoms with Crippen LogP contribution < -0.4 is 0 Å². The van der Waals surface area contributed by atoms with Gasteiger partial charge in [0.2, 0.25) is 0 Å². The zero-order chi connectivity index (χ0) is 48.5. The summed E-state index contributed by atoms with van der Waals surface area (Å²) >= 11 is 0. The molecule has 1 saturated heterocycles. The van der Waals surface area contributed by atoms with Gasteiger partial charge in [0.25, 0.3) is 0 Å². The van der Waals surface area contributed by atoms with Crippen LogP contribution >= 0.6 is 0 Å². The Morgan fingerprint density at radius 2 is 0.672 bits per heavy atom. The van der Waals surface area contributed by atoms with Gasteiger partial charge in [-0.15, -0.1) is 0 Å². The van der Waals surface area contributed by atoms with Gasteiger partial charge in [0, 0.05) is 19.3 Å². The Kier molecular flexibility index (Phi) is 46.6. The van der Waals surface area contributed by atoms with Crippen molar-refractivity contribution in [2.24, 2.45) is 0 Å². The van der Waals surface area contributed by atoms with Gasteiger partial charge in [-0.3, -0.25) is 14.4 Å². The van der Waals surface area contributed by atoms with Gasteiger partial charge < -0.3 is 24.1 Å². The summed E-state index contributed by atoms with van der Waals surface area (Å²) in [5.74, 6) is -1.09. The lowest BCUT2D eigenvalue weighted by Crippen LogP contribution is -2.46. The molecule has 0 aromatic heterocycles. The van der Waals surface area contributed by atoms with Crippen LogP contribution in [0.1, 0.15) is 323 Å². The van der Waals surface area contributed by atoms with Crippen molar-refractivity contribution < 1.29 is 38.4 Å². The number of carbonyl (C=O) groups excluding carboxylic acids is 3. The minimum Gasteiger partial charge on any atom is -0.462 e. The third-order valence-corrected chi connectivity index (χ3v) is 14.2. The second kappa shape index (κ2) is 49.3. The summed E-state index contributed by atoms with van der Waals surface area (Å²) in [6.45, 7) is 6.58. The molecule has 0 amide bonds. The Morgan fingerprint density at radius 3 is 0.985 bits per heavy atom. The van der Waals surface area contributed by atoms with E-state index >= 15 is 0 Å². The number of rotatable bonds is 52. The molecule has 0 spiro atoms. The van der Waals surface area contributed by atoms with Crippen molar-refractivity contribution in [3.8, 4) is 0 Å². The second-order valence-corrected chi connectivity index (χ2v) is 20.8. The Hall–Kier alpha value is -1.67. The number of ether oxygens (including phenoxy) is 4. The minimum atomic E-state index is -1.04. The molecule has 1 aliphatic rings. The Bertz CT molecular complexity index is 1080. The zero-order valence-corrected chi connectivity index (χ0v) is 44.8. The Labute approximate surface area is 415 Å². The molecule has 0 aromatic carbocycles. The smallest absolute Gasteiger partial charge is 0.306 e. The predicted octanol–water partition coefficient (Wildman–Crippen LogP) is 17.5. The molecule has 396 valence electrons. The van der Waals surface area contributed by atoms with Crippen LogP contribution in [0.25, 0.3) is 0 Å². The average Bonchev–Trinajstić information content (AvgIpc) is 3.68. The van der Waals surface area contributed by atoms with Gasteiger partial charge in [0.1, 0.15) is 18.8 Å². The van der Waals surface area contributed by atoms with E-state index in [1.807, 2.05) is 0 Å². The summed E-state index contributed by atoms with van der Waals surface area (Å²) in [4.78, 5) is 39.1. The molecule has 0 radical (unpaired) electrons. The van der Waals surface area contributed by atoms with Crippen LogP contribution in [-0.2, 0) is 33.3 Å². The number of esters is 3. The molecular weight excluding hydrogens is 837 g/mol. The quantitative estimate of drug-likeness (QED) is 0.0365. The molecule has 8 heteroatoms. The first-order valence-electron chi connectivity index (χ1n) is 29.8. The number of hydrogen-bond donors (Lipinski definition) is 1. The number of aliphatic hydroxyl groups is 1. The highest BCUT2D eigenvalue weighted by atomic mass is 16.6. The fourth-order valence-corrected chi connectivity index (χ4v) is 9.71. The maximum Gasteiger partial charge on any atom is 0.306 e. The summed E-state index contributed by atoms with van der Waals surface area (Å²) in [6.07, 6.45) is 52.0. The Balaban J connectivity index is 2.46. The number of unbranched alkanes of at least 4 members (excludes halogenated alkanes) is 41. The molecule has 1 unspecified atom stereocenters. The highest BCUT2D eigenvalue weighted by Crippen LogP contribution is 2.26. The van der Waals surface area contributed by atoms with Crippen molar-refractivity contribution in [2.75, 3.05) is 13.2 Å². The lowest BCUT2D eigenvalue weighted by molar-refractivity contribution is -0.177. The van der Waals surface area contributed by atoms with Crippen LogP contribution in [0.3, 0.4) is 0 Å². The van der Waals surface area contributed by atoms with Crippen molar-refractivity contribution >= 4 is 17.9 Å². The summed E-state index contributed by atoms with van der Waals surface area (Å²) in [7, 11) is 0. The van der Waals surface area contributed by atoms with E-state index in [1.165, 1.54) is 225 Å². The van der Waals surface area contributed by atoms with Gasteiger partial charge in [-0.25, -0.2) is 0 Å².